The van der Waals surface area contributed by atoms with Gasteiger partial charge >= 0.3 is 11.9 Å². The molecule has 0 aromatic heterocycles. The minimum Gasteiger partial charge on any atom is -0.426 e. The Balaban J connectivity index is 1.55. The zero-order valence-electron chi connectivity index (χ0n) is 26.7. The van der Waals surface area contributed by atoms with E-state index in [0.717, 1.165) is 47.6 Å². The van der Waals surface area contributed by atoms with Crippen molar-refractivity contribution in [2.45, 2.75) is 155 Å². The van der Waals surface area contributed by atoms with Crippen LogP contribution in [0.15, 0.2) is 36.4 Å². The van der Waals surface area contributed by atoms with Crippen molar-refractivity contribution in [3.8, 4) is 11.5 Å². The lowest BCUT2D eigenvalue weighted by Gasteiger charge is -2.22. The quantitative estimate of drug-likeness (QED) is 0.0605. The molecule has 3 rings (SSSR count). The predicted molar refractivity (Wildman–Crippen MR) is 175 cm³/mol. The van der Waals surface area contributed by atoms with Crippen LogP contribution in [0.2, 0.25) is 0 Å². The first-order valence-electron chi connectivity index (χ1n) is 17.3. The average Bonchev–Trinajstić information content (AvgIpc) is 3.01. The molecule has 0 aliphatic heterocycles. The number of ether oxygens (including phenoxy) is 2. The number of allylic oxidation sites excluding steroid dienone is 2. The van der Waals surface area contributed by atoms with E-state index >= 15 is 0 Å². The maximum Gasteiger partial charge on any atom is 0.311 e. The maximum atomic E-state index is 12.9. The standard InChI is InChI=1S/C38H56O4/c1-3-5-7-9-11-13-15-17-19-29-35(39)41-37-31-25-21-23-27-33(31)38(34-28-24-22-26-32(34)37)42-36(40)30-20-18-16-14-12-10-8-6-4-2/h21-25,27H,3-20,26,28-30H2,1-2H3. The average molecular weight is 577 g/mol. The van der Waals surface area contributed by atoms with E-state index in [1.54, 1.807) is 0 Å². The summed E-state index contributed by atoms with van der Waals surface area (Å²) in [6.07, 6.45) is 28.3. The molecule has 2 aromatic carbocycles. The Hall–Kier alpha value is -2.62. The molecule has 1 aliphatic rings. The second-order valence-corrected chi connectivity index (χ2v) is 12.1. The molecule has 42 heavy (non-hydrogen) atoms. The van der Waals surface area contributed by atoms with Crippen molar-refractivity contribution in [2.24, 2.45) is 0 Å². The molecule has 4 nitrogen and oxygen atoms in total. The Morgan fingerprint density at radius 1 is 0.524 bits per heavy atom. The van der Waals surface area contributed by atoms with Crippen LogP contribution in [-0.4, -0.2) is 11.9 Å². The largest absolute Gasteiger partial charge is 0.426 e. The zero-order chi connectivity index (χ0) is 29.8. The first kappa shape index (κ1) is 33.9. The van der Waals surface area contributed by atoms with E-state index in [-0.39, 0.29) is 11.9 Å². The summed E-state index contributed by atoms with van der Waals surface area (Å²) in [4.78, 5) is 25.9. The van der Waals surface area contributed by atoms with Crippen molar-refractivity contribution in [1.82, 2.24) is 0 Å². The van der Waals surface area contributed by atoms with Crippen LogP contribution in [0.3, 0.4) is 0 Å². The summed E-state index contributed by atoms with van der Waals surface area (Å²) < 4.78 is 12.2. The molecule has 0 bridgehead atoms. The number of hydrogen-bond acceptors (Lipinski definition) is 4. The second-order valence-electron chi connectivity index (χ2n) is 12.1. The van der Waals surface area contributed by atoms with Gasteiger partial charge in [-0.2, -0.15) is 0 Å². The van der Waals surface area contributed by atoms with Crippen molar-refractivity contribution >= 4 is 22.7 Å². The molecule has 232 valence electrons. The third-order valence-electron chi connectivity index (χ3n) is 8.54. The highest BCUT2D eigenvalue weighted by atomic mass is 16.5. The summed E-state index contributed by atoms with van der Waals surface area (Å²) in [5.41, 5.74) is 1.95. The van der Waals surface area contributed by atoms with Gasteiger partial charge in [-0.3, -0.25) is 9.59 Å². The van der Waals surface area contributed by atoms with Crippen LogP contribution in [0.4, 0.5) is 0 Å². The van der Waals surface area contributed by atoms with E-state index < -0.39 is 0 Å². The Kier molecular flexibility index (Phi) is 16.4. The van der Waals surface area contributed by atoms with Gasteiger partial charge in [-0.15, -0.1) is 0 Å². The lowest BCUT2D eigenvalue weighted by atomic mass is 9.90. The molecule has 0 atom stereocenters. The molecule has 0 saturated heterocycles. The van der Waals surface area contributed by atoms with Gasteiger partial charge in [0.2, 0.25) is 0 Å². The van der Waals surface area contributed by atoms with Crippen molar-refractivity contribution in [2.75, 3.05) is 0 Å². The maximum absolute atomic E-state index is 12.9. The Morgan fingerprint density at radius 2 is 0.857 bits per heavy atom. The fourth-order valence-electron chi connectivity index (χ4n) is 6.04. The fraction of sp³-hybridized carbons (Fsp3) is 0.632. The smallest absolute Gasteiger partial charge is 0.311 e. The van der Waals surface area contributed by atoms with Gasteiger partial charge in [0.15, 0.2) is 0 Å². The number of hydrogen-bond donors (Lipinski definition) is 0. The fourth-order valence-corrected chi connectivity index (χ4v) is 6.04. The van der Waals surface area contributed by atoms with E-state index in [4.69, 9.17) is 9.47 Å². The normalized spacial score (nSPS) is 12.4. The van der Waals surface area contributed by atoms with Gasteiger partial charge in [0.1, 0.15) is 11.5 Å². The van der Waals surface area contributed by atoms with Gasteiger partial charge in [0.25, 0.3) is 0 Å². The molecular formula is C38H56O4. The molecule has 0 amide bonds. The molecule has 0 saturated carbocycles. The lowest BCUT2D eigenvalue weighted by molar-refractivity contribution is -0.135. The van der Waals surface area contributed by atoms with E-state index in [1.165, 1.54) is 89.9 Å². The van der Waals surface area contributed by atoms with E-state index in [0.29, 0.717) is 37.2 Å². The number of fused-ring (bicyclic) bond motifs is 2. The Labute approximate surface area is 255 Å². The van der Waals surface area contributed by atoms with Gasteiger partial charge in [-0.25, -0.2) is 0 Å². The first-order chi connectivity index (χ1) is 20.7. The van der Waals surface area contributed by atoms with Crippen molar-refractivity contribution in [3.63, 3.8) is 0 Å². The number of esters is 2. The molecule has 0 radical (unpaired) electrons. The van der Waals surface area contributed by atoms with Gasteiger partial charge in [-0.05, 0) is 25.7 Å². The minimum absolute atomic E-state index is 0.171. The number of benzene rings is 2. The topological polar surface area (TPSA) is 52.6 Å². The number of carbonyl (C=O) groups is 2. The van der Waals surface area contributed by atoms with Crippen LogP contribution >= 0.6 is 0 Å². The highest BCUT2D eigenvalue weighted by molar-refractivity contribution is 5.99. The third kappa shape index (κ3) is 11.6. The zero-order valence-corrected chi connectivity index (χ0v) is 26.7. The van der Waals surface area contributed by atoms with Crippen molar-refractivity contribution < 1.29 is 19.1 Å². The summed E-state index contributed by atoms with van der Waals surface area (Å²) in [5.74, 6) is 0.944. The van der Waals surface area contributed by atoms with Gasteiger partial charge in [-0.1, -0.05) is 153 Å². The summed E-state index contributed by atoms with van der Waals surface area (Å²) in [7, 11) is 0. The summed E-state index contributed by atoms with van der Waals surface area (Å²) in [6.45, 7) is 4.49. The van der Waals surface area contributed by atoms with Crippen molar-refractivity contribution in [1.29, 1.82) is 0 Å². The predicted octanol–water partition coefficient (Wildman–Crippen LogP) is 11.1. The molecule has 0 N–H and O–H groups in total. The number of unbranched alkanes of at least 4 members (excludes halogenated alkanes) is 16. The molecular weight excluding hydrogens is 520 g/mol. The lowest BCUT2D eigenvalue weighted by Crippen LogP contribution is -2.15. The molecule has 0 spiro atoms. The summed E-state index contributed by atoms with van der Waals surface area (Å²) in [6, 6.07) is 7.87. The van der Waals surface area contributed by atoms with Crippen LogP contribution in [0.25, 0.3) is 10.8 Å². The van der Waals surface area contributed by atoms with E-state index in [2.05, 4.69) is 26.0 Å². The number of carbonyl (C=O) groups excluding carboxylic acids is 2. The molecule has 1 aliphatic carbocycles. The summed E-state index contributed by atoms with van der Waals surface area (Å²) >= 11 is 0. The third-order valence-corrected chi connectivity index (χ3v) is 8.54. The minimum atomic E-state index is -0.171. The highest BCUT2D eigenvalue weighted by Gasteiger charge is 2.24. The van der Waals surface area contributed by atoms with Crippen LogP contribution in [0, 0.1) is 0 Å². The molecule has 0 fully saturated rings. The SMILES string of the molecule is CCCCCCCCCCCC(=O)Oc1c2c(c(OC(=O)CCCCCCCCCCC)c3ccccc13)CC=CC2. The van der Waals surface area contributed by atoms with Crippen LogP contribution < -0.4 is 9.47 Å². The first-order valence-corrected chi connectivity index (χ1v) is 17.3. The van der Waals surface area contributed by atoms with Crippen LogP contribution in [0.1, 0.15) is 153 Å². The van der Waals surface area contributed by atoms with Gasteiger partial charge in [0.05, 0.1) is 0 Å². The van der Waals surface area contributed by atoms with Crippen LogP contribution in [0.5, 0.6) is 11.5 Å². The van der Waals surface area contributed by atoms with Crippen molar-refractivity contribution in [3.05, 3.63) is 47.5 Å². The molecule has 0 heterocycles. The molecule has 2 aromatic rings. The van der Waals surface area contributed by atoms with Gasteiger partial charge in [0, 0.05) is 34.7 Å². The second kappa shape index (κ2) is 20.3. The molecule has 0 unspecified atom stereocenters. The summed E-state index contributed by atoms with van der Waals surface area (Å²) in [5, 5.41) is 1.69. The van der Waals surface area contributed by atoms with E-state index in [9.17, 15) is 9.59 Å². The van der Waals surface area contributed by atoms with Crippen LogP contribution in [-0.2, 0) is 22.4 Å². The Morgan fingerprint density at radius 3 is 1.21 bits per heavy atom. The Bertz CT molecular complexity index is 1030. The number of rotatable bonds is 22. The monoisotopic (exact) mass is 576 g/mol. The van der Waals surface area contributed by atoms with Gasteiger partial charge < -0.3 is 9.47 Å². The van der Waals surface area contributed by atoms with E-state index in [1.807, 2.05) is 24.3 Å². The molecule has 4 heteroatoms. The highest BCUT2D eigenvalue weighted by Crippen LogP contribution is 2.43.